The predicted molar refractivity (Wildman–Crippen MR) is 59.0 cm³/mol. The van der Waals surface area contributed by atoms with Crippen LogP contribution in [0.1, 0.15) is 64.7 Å². The molecule has 0 spiro atoms. The van der Waals surface area contributed by atoms with Crippen LogP contribution >= 0.6 is 0 Å². The van der Waals surface area contributed by atoms with Gasteiger partial charge in [-0.25, -0.2) is 0 Å². The van der Waals surface area contributed by atoms with E-state index >= 15 is 0 Å². The zero-order chi connectivity index (χ0) is 9.36. The highest BCUT2D eigenvalue weighted by atomic mass is 15.1. The second-order valence-electron chi connectivity index (χ2n) is 4.37. The summed E-state index contributed by atoms with van der Waals surface area (Å²) in [6, 6.07) is 0.903. The maximum atomic E-state index is 3.35. The summed E-state index contributed by atoms with van der Waals surface area (Å²) in [5.74, 6) is 0. The van der Waals surface area contributed by atoms with Crippen LogP contribution < -0.4 is 5.32 Å². The van der Waals surface area contributed by atoms with Gasteiger partial charge in [0.25, 0.3) is 0 Å². The lowest BCUT2D eigenvalue weighted by atomic mass is 10.1. The molecule has 1 N–H and O–H groups in total. The van der Waals surface area contributed by atoms with Crippen LogP contribution in [0.15, 0.2) is 0 Å². The summed E-state index contributed by atoms with van der Waals surface area (Å²) in [4.78, 5) is 0. The zero-order valence-corrected chi connectivity index (χ0v) is 9.15. The smallest absolute Gasteiger partial charge is 0.0193 e. The first-order chi connectivity index (χ1) is 6.43. The minimum absolute atomic E-state index is 0.903. The summed E-state index contributed by atoms with van der Waals surface area (Å²) in [5, 5.41) is 3.35. The molecule has 0 amide bonds. The molecule has 0 aromatic carbocycles. The third kappa shape index (κ3) is 7.06. The Hall–Kier alpha value is -0.0400. The van der Waals surface area contributed by atoms with Gasteiger partial charge in [-0.1, -0.05) is 58.3 Å². The van der Waals surface area contributed by atoms with Crippen molar-refractivity contribution in [2.45, 2.75) is 70.8 Å². The first-order valence-corrected chi connectivity index (χ1v) is 6.17. The highest BCUT2D eigenvalue weighted by Crippen LogP contribution is 2.12. The van der Waals surface area contributed by atoms with Gasteiger partial charge in [0.1, 0.15) is 0 Å². The molecule has 1 saturated heterocycles. The third-order valence-electron chi connectivity index (χ3n) is 2.90. The van der Waals surface area contributed by atoms with Crippen molar-refractivity contribution in [1.29, 1.82) is 0 Å². The summed E-state index contributed by atoms with van der Waals surface area (Å²) < 4.78 is 0. The summed E-state index contributed by atoms with van der Waals surface area (Å²) in [6.07, 6.45) is 13.0. The molecule has 0 aliphatic carbocycles. The number of hydrogen-bond acceptors (Lipinski definition) is 1. The Balaban J connectivity index is 1.63. The molecule has 1 rings (SSSR count). The average molecular weight is 183 g/mol. The van der Waals surface area contributed by atoms with Gasteiger partial charge in [-0.3, -0.25) is 0 Å². The monoisotopic (exact) mass is 183 g/mol. The van der Waals surface area contributed by atoms with Crippen LogP contribution in [-0.2, 0) is 0 Å². The highest BCUT2D eigenvalue weighted by molar-refractivity contribution is 4.82. The number of nitrogens with one attached hydrogen (secondary N) is 1. The first-order valence-electron chi connectivity index (χ1n) is 6.17. The second kappa shape index (κ2) is 7.37. The van der Waals surface area contributed by atoms with Gasteiger partial charge in [0.2, 0.25) is 0 Å². The molecule has 0 unspecified atom stereocenters. The minimum Gasteiger partial charge on any atom is -0.311 e. The Bertz CT molecular complexity index is 108. The lowest BCUT2D eigenvalue weighted by Crippen LogP contribution is -1.89. The Morgan fingerprint density at radius 2 is 1.46 bits per heavy atom. The molecule has 1 heterocycles. The van der Waals surface area contributed by atoms with Crippen LogP contribution in [-0.4, -0.2) is 12.6 Å². The van der Waals surface area contributed by atoms with E-state index in [4.69, 9.17) is 0 Å². The standard InChI is InChI=1S/C12H25N/c1-2-3-4-5-6-7-8-9-10-12-11-13-12/h12-13H,2-11H2,1H3/t12-/m1/s1. The maximum Gasteiger partial charge on any atom is 0.0193 e. The van der Waals surface area contributed by atoms with Crippen LogP contribution in [0.25, 0.3) is 0 Å². The number of rotatable bonds is 9. The van der Waals surface area contributed by atoms with Crippen molar-refractivity contribution in [3.8, 4) is 0 Å². The average Bonchev–Trinajstić information content (AvgIpc) is 2.93. The molecule has 0 radical (unpaired) electrons. The molecule has 0 aromatic heterocycles. The Morgan fingerprint density at radius 1 is 0.923 bits per heavy atom. The normalized spacial score (nSPS) is 20.5. The SMILES string of the molecule is CCCCCCCCCC[C@@H]1CN1. The molecule has 0 bridgehead atoms. The maximum absolute atomic E-state index is 3.35. The van der Waals surface area contributed by atoms with E-state index in [0.29, 0.717) is 0 Å². The molecule has 1 atom stereocenters. The molecule has 1 heteroatoms. The summed E-state index contributed by atoms with van der Waals surface area (Å²) in [7, 11) is 0. The lowest BCUT2D eigenvalue weighted by Gasteiger charge is -2.00. The van der Waals surface area contributed by atoms with Gasteiger partial charge in [-0.15, -0.1) is 0 Å². The quantitative estimate of drug-likeness (QED) is 0.429. The molecule has 13 heavy (non-hydrogen) atoms. The van der Waals surface area contributed by atoms with E-state index in [1.807, 2.05) is 0 Å². The van der Waals surface area contributed by atoms with Crippen LogP contribution in [0.5, 0.6) is 0 Å². The van der Waals surface area contributed by atoms with Crippen molar-refractivity contribution >= 4 is 0 Å². The predicted octanol–water partition coefficient (Wildman–Crippen LogP) is 3.49. The summed E-state index contributed by atoms with van der Waals surface area (Å²) >= 11 is 0. The van der Waals surface area contributed by atoms with Crippen molar-refractivity contribution in [3.05, 3.63) is 0 Å². The lowest BCUT2D eigenvalue weighted by molar-refractivity contribution is 0.563. The first kappa shape index (κ1) is 11.0. The fourth-order valence-corrected chi connectivity index (χ4v) is 1.81. The van der Waals surface area contributed by atoms with Gasteiger partial charge >= 0.3 is 0 Å². The Kier molecular flexibility index (Phi) is 6.26. The third-order valence-corrected chi connectivity index (χ3v) is 2.90. The number of hydrogen-bond donors (Lipinski definition) is 1. The van der Waals surface area contributed by atoms with E-state index in [0.717, 1.165) is 6.04 Å². The molecular formula is C12H25N. The Labute approximate surface area is 83.3 Å². The summed E-state index contributed by atoms with van der Waals surface area (Å²) in [6.45, 7) is 3.57. The molecule has 78 valence electrons. The topological polar surface area (TPSA) is 21.9 Å². The molecule has 1 aliphatic rings. The molecule has 1 nitrogen and oxygen atoms in total. The van der Waals surface area contributed by atoms with E-state index in [1.165, 1.54) is 64.3 Å². The van der Waals surface area contributed by atoms with Crippen molar-refractivity contribution in [2.24, 2.45) is 0 Å². The van der Waals surface area contributed by atoms with Crippen LogP contribution in [0.4, 0.5) is 0 Å². The second-order valence-corrected chi connectivity index (χ2v) is 4.37. The van der Waals surface area contributed by atoms with Crippen molar-refractivity contribution in [2.75, 3.05) is 6.54 Å². The fraction of sp³-hybridized carbons (Fsp3) is 1.00. The van der Waals surface area contributed by atoms with E-state index in [1.54, 1.807) is 0 Å². The van der Waals surface area contributed by atoms with Gasteiger partial charge in [-0.2, -0.15) is 0 Å². The van der Waals surface area contributed by atoms with Crippen molar-refractivity contribution in [1.82, 2.24) is 5.32 Å². The van der Waals surface area contributed by atoms with Gasteiger partial charge in [-0.05, 0) is 6.42 Å². The molecule has 1 aliphatic heterocycles. The van der Waals surface area contributed by atoms with Crippen LogP contribution in [0, 0.1) is 0 Å². The molecular weight excluding hydrogens is 158 g/mol. The molecule has 0 aromatic rings. The minimum atomic E-state index is 0.903. The van der Waals surface area contributed by atoms with Gasteiger partial charge in [0.05, 0.1) is 0 Å². The highest BCUT2D eigenvalue weighted by Gasteiger charge is 2.18. The van der Waals surface area contributed by atoms with Crippen molar-refractivity contribution < 1.29 is 0 Å². The van der Waals surface area contributed by atoms with Crippen molar-refractivity contribution in [3.63, 3.8) is 0 Å². The zero-order valence-electron chi connectivity index (χ0n) is 9.15. The van der Waals surface area contributed by atoms with Crippen LogP contribution in [0.3, 0.4) is 0 Å². The van der Waals surface area contributed by atoms with Gasteiger partial charge < -0.3 is 5.32 Å². The van der Waals surface area contributed by atoms with E-state index in [-0.39, 0.29) is 0 Å². The Morgan fingerprint density at radius 3 is 2.00 bits per heavy atom. The van der Waals surface area contributed by atoms with Crippen LogP contribution in [0.2, 0.25) is 0 Å². The number of unbranched alkanes of at least 4 members (excludes halogenated alkanes) is 7. The van der Waals surface area contributed by atoms with E-state index in [2.05, 4.69) is 12.2 Å². The molecule has 1 fully saturated rings. The summed E-state index contributed by atoms with van der Waals surface area (Å²) in [5.41, 5.74) is 0. The van der Waals surface area contributed by atoms with Gasteiger partial charge in [0.15, 0.2) is 0 Å². The largest absolute Gasteiger partial charge is 0.311 e. The van der Waals surface area contributed by atoms with E-state index < -0.39 is 0 Å². The van der Waals surface area contributed by atoms with Gasteiger partial charge in [0, 0.05) is 12.6 Å². The fourth-order valence-electron chi connectivity index (χ4n) is 1.81. The molecule has 0 saturated carbocycles. The van der Waals surface area contributed by atoms with E-state index in [9.17, 15) is 0 Å².